The summed E-state index contributed by atoms with van der Waals surface area (Å²) in [7, 11) is 0. The molecule has 4 rings (SSSR count). The van der Waals surface area contributed by atoms with Crippen LogP contribution in [0.2, 0.25) is 0 Å². The second-order valence-corrected chi connectivity index (χ2v) is 8.14. The van der Waals surface area contributed by atoms with Crippen molar-refractivity contribution in [1.29, 1.82) is 0 Å². The van der Waals surface area contributed by atoms with Crippen LogP contribution in [0.4, 0.5) is 13.2 Å². The molecule has 3 aromatic heterocycles. The highest BCUT2D eigenvalue weighted by atomic mass is 19.4. The number of rotatable bonds is 7. The molecule has 0 radical (unpaired) electrons. The van der Waals surface area contributed by atoms with Crippen LogP contribution in [-0.4, -0.2) is 25.7 Å². The number of benzene rings is 1. The van der Waals surface area contributed by atoms with Gasteiger partial charge in [-0.3, -0.25) is 9.78 Å². The number of nitrogens with zero attached hydrogens (tertiary/aromatic N) is 3. The van der Waals surface area contributed by atoms with Gasteiger partial charge in [-0.2, -0.15) is 13.2 Å². The number of nitrogens with one attached hydrogen (secondary N) is 1. The Morgan fingerprint density at radius 1 is 1.06 bits per heavy atom. The molecule has 0 spiro atoms. The summed E-state index contributed by atoms with van der Waals surface area (Å²) in [6.45, 7) is 3.92. The van der Waals surface area contributed by atoms with E-state index in [-0.39, 0.29) is 30.6 Å². The second kappa shape index (κ2) is 9.13. The number of alkyl halides is 3. The number of fused-ring (bicyclic) bond motifs is 1. The molecule has 1 N–H and O–H groups in total. The first-order valence-electron chi connectivity index (χ1n) is 10.7. The smallest absolute Gasteiger partial charge is 0.351 e. The van der Waals surface area contributed by atoms with Crippen molar-refractivity contribution in [3.05, 3.63) is 88.4 Å². The summed E-state index contributed by atoms with van der Waals surface area (Å²) in [5.41, 5.74) is 3.11. The first-order chi connectivity index (χ1) is 15.7. The van der Waals surface area contributed by atoms with Crippen LogP contribution < -0.4 is 0 Å². The zero-order chi connectivity index (χ0) is 23.6. The van der Waals surface area contributed by atoms with Crippen molar-refractivity contribution in [1.82, 2.24) is 19.9 Å². The number of halogens is 3. The molecule has 0 unspecified atom stereocenters. The summed E-state index contributed by atoms with van der Waals surface area (Å²) in [6, 6.07) is 10.6. The number of hydrogen-bond donors (Lipinski definition) is 1. The molecule has 0 aliphatic carbocycles. The van der Waals surface area contributed by atoms with Gasteiger partial charge in [-0.1, -0.05) is 18.2 Å². The lowest BCUT2D eigenvalue weighted by molar-refractivity contribution is -0.141. The maximum atomic E-state index is 13.5. The molecule has 0 bridgehead atoms. The van der Waals surface area contributed by atoms with Crippen molar-refractivity contribution >= 4 is 16.7 Å². The first kappa shape index (κ1) is 22.6. The number of aromatic nitrogens is 4. The van der Waals surface area contributed by atoms with Gasteiger partial charge in [0.05, 0.1) is 12.0 Å². The van der Waals surface area contributed by atoms with Crippen LogP contribution in [0.15, 0.2) is 48.8 Å². The van der Waals surface area contributed by atoms with Crippen molar-refractivity contribution < 1.29 is 18.0 Å². The Morgan fingerprint density at radius 3 is 2.48 bits per heavy atom. The van der Waals surface area contributed by atoms with Crippen LogP contribution in [0.5, 0.6) is 0 Å². The molecule has 170 valence electrons. The Balaban J connectivity index is 1.41. The van der Waals surface area contributed by atoms with Gasteiger partial charge in [-0.25, -0.2) is 9.97 Å². The lowest BCUT2D eigenvalue weighted by Gasteiger charge is -2.08. The molecule has 0 aliphatic heterocycles. The maximum absolute atomic E-state index is 13.5. The molecule has 0 saturated carbocycles. The van der Waals surface area contributed by atoms with Crippen molar-refractivity contribution in [2.45, 2.75) is 45.7 Å². The van der Waals surface area contributed by atoms with E-state index in [1.165, 1.54) is 12.4 Å². The number of ketones is 1. The standard InChI is InChI=1S/C25H23F3N4O/c1-15-10-16(2)31-18(11-15)12-23-29-13-17(14-30-23)22(33)9-5-7-20-19-6-3-4-8-21(19)32-24(20)25(26,27)28/h3-4,6,8,10-11,13-14,32H,5,7,9,12H2,1-2H3. The predicted molar refractivity (Wildman–Crippen MR) is 119 cm³/mol. The van der Waals surface area contributed by atoms with Crippen LogP contribution in [0, 0.1) is 13.8 Å². The van der Waals surface area contributed by atoms with Crippen LogP contribution in [0.1, 0.15) is 57.2 Å². The SMILES string of the molecule is Cc1cc(C)nc(Cc2ncc(C(=O)CCCc3c(C(F)(F)F)[nH]c4ccccc34)cn2)c1. The average molecular weight is 452 g/mol. The Kier molecular flexibility index (Phi) is 6.26. The first-order valence-corrected chi connectivity index (χ1v) is 10.7. The van der Waals surface area contributed by atoms with E-state index in [1.807, 2.05) is 26.0 Å². The molecule has 8 heteroatoms. The van der Waals surface area contributed by atoms with Crippen LogP contribution in [-0.2, 0) is 19.0 Å². The second-order valence-electron chi connectivity index (χ2n) is 8.14. The topological polar surface area (TPSA) is 71.5 Å². The van der Waals surface area contributed by atoms with Gasteiger partial charge in [0.1, 0.15) is 11.5 Å². The number of carbonyl (C=O) groups excluding carboxylic acids is 1. The van der Waals surface area contributed by atoms with Gasteiger partial charge in [0, 0.05) is 41.1 Å². The van der Waals surface area contributed by atoms with E-state index in [0.717, 1.165) is 17.0 Å². The van der Waals surface area contributed by atoms with Gasteiger partial charge in [-0.05, 0) is 56.0 Å². The molecule has 4 aromatic rings. The number of pyridine rings is 1. The summed E-state index contributed by atoms with van der Waals surface area (Å²) in [4.78, 5) is 28.0. The molecule has 0 saturated heterocycles. The number of carbonyl (C=O) groups is 1. The number of Topliss-reactive ketones (excluding diaryl/α,β-unsaturated/α-hetero) is 1. The molecule has 1 aromatic carbocycles. The highest BCUT2D eigenvalue weighted by molar-refractivity contribution is 5.95. The zero-order valence-electron chi connectivity index (χ0n) is 18.3. The lowest BCUT2D eigenvalue weighted by Crippen LogP contribution is -2.09. The predicted octanol–water partition coefficient (Wildman–Crippen LogP) is 5.78. The number of para-hydroxylation sites is 1. The van der Waals surface area contributed by atoms with E-state index < -0.39 is 11.9 Å². The third-order valence-electron chi connectivity index (χ3n) is 5.45. The molecule has 0 atom stereocenters. The highest BCUT2D eigenvalue weighted by Gasteiger charge is 2.36. The van der Waals surface area contributed by atoms with Crippen LogP contribution in [0.25, 0.3) is 10.9 Å². The fourth-order valence-corrected chi connectivity index (χ4v) is 4.04. The van der Waals surface area contributed by atoms with Gasteiger partial charge in [0.25, 0.3) is 0 Å². The molecule has 0 fully saturated rings. The summed E-state index contributed by atoms with van der Waals surface area (Å²) in [5.74, 6) is 0.358. The number of H-pyrrole nitrogens is 1. The Morgan fingerprint density at radius 2 is 1.79 bits per heavy atom. The Bertz CT molecular complexity index is 1270. The summed E-state index contributed by atoms with van der Waals surface area (Å²) >= 11 is 0. The maximum Gasteiger partial charge on any atom is 0.431 e. The quantitative estimate of drug-likeness (QED) is 0.361. The lowest BCUT2D eigenvalue weighted by atomic mass is 10.0. The Hall–Kier alpha value is -3.55. The van der Waals surface area contributed by atoms with E-state index in [0.29, 0.717) is 28.7 Å². The fraction of sp³-hybridized carbons (Fsp3) is 0.280. The number of aryl methyl sites for hydroxylation is 3. The van der Waals surface area contributed by atoms with Crippen molar-refractivity contribution in [2.24, 2.45) is 0 Å². The fourth-order valence-electron chi connectivity index (χ4n) is 4.04. The summed E-state index contributed by atoms with van der Waals surface area (Å²) in [5, 5.41) is 0.532. The molecule has 3 heterocycles. The van der Waals surface area contributed by atoms with E-state index >= 15 is 0 Å². The molecule has 5 nitrogen and oxygen atoms in total. The van der Waals surface area contributed by atoms with E-state index in [4.69, 9.17) is 0 Å². The number of aromatic amines is 1. The van der Waals surface area contributed by atoms with Crippen molar-refractivity contribution in [2.75, 3.05) is 0 Å². The van der Waals surface area contributed by atoms with Gasteiger partial charge in [0.2, 0.25) is 0 Å². The van der Waals surface area contributed by atoms with E-state index in [1.54, 1.807) is 24.3 Å². The van der Waals surface area contributed by atoms with Crippen LogP contribution >= 0.6 is 0 Å². The summed E-state index contributed by atoms with van der Waals surface area (Å²) < 4.78 is 40.4. The van der Waals surface area contributed by atoms with Gasteiger partial charge in [0.15, 0.2) is 5.78 Å². The normalized spacial score (nSPS) is 11.8. The molecule has 0 aliphatic rings. The van der Waals surface area contributed by atoms with Crippen molar-refractivity contribution in [3.63, 3.8) is 0 Å². The van der Waals surface area contributed by atoms with Crippen molar-refractivity contribution in [3.8, 4) is 0 Å². The molecular formula is C25H23F3N4O. The highest BCUT2D eigenvalue weighted by Crippen LogP contribution is 2.36. The van der Waals surface area contributed by atoms with Gasteiger partial charge >= 0.3 is 6.18 Å². The zero-order valence-corrected chi connectivity index (χ0v) is 18.3. The average Bonchev–Trinajstić information content (AvgIpc) is 3.13. The van der Waals surface area contributed by atoms with E-state index in [9.17, 15) is 18.0 Å². The van der Waals surface area contributed by atoms with E-state index in [2.05, 4.69) is 19.9 Å². The molecule has 0 amide bonds. The minimum absolute atomic E-state index is 0.109. The third-order valence-corrected chi connectivity index (χ3v) is 5.45. The Labute approximate surface area is 189 Å². The monoisotopic (exact) mass is 452 g/mol. The molecule has 33 heavy (non-hydrogen) atoms. The minimum atomic E-state index is -4.48. The largest absolute Gasteiger partial charge is 0.431 e. The summed E-state index contributed by atoms with van der Waals surface area (Å²) in [6.07, 6.45) is -0.539. The van der Waals surface area contributed by atoms with Gasteiger partial charge < -0.3 is 4.98 Å². The van der Waals surface area contributed by atoms with Crippen LogP contribution in [0.3, 0.4) is 0 Å². The number of hydrogen-bond acceptors (Lipinski definition) is 4. The molecular weight excluding hydrogens is 429 g/mol. The minimum Gasteiger partial charge on any atom is -0.351 e. The third kappa shape index (κ3) is 5.27. The van der Waals surface area contributed by atoms with Gasteiger partial charge in [-0.15, -0.1) is 0 Å².